The number of hydrogen-bond acceptors (Lipinski definition) is 6. The molecule has 8 heteroatoms. The van der Waals surface area contributed by atoms with Gasteiger partial charge in [-0.25, -0.2) is 0 Å². The molecule has 166 valence electrons. The van der Waals surface area contributed by atoms with Crippen LogP contribution < -0.4 is 15.4 Å². The first-order valence-corrected chi connectivity index (χ1v) is 10.5. The number of amides is 2. The van der Waals surface area contributed by atoms with Crippen molar-refractivity contribution in [2.24, 2.45) is 0 Å². The number of nitrogens with one attached hydrogen (secondary N) is 2. The van der Waals surface area contributed by atoms with Gasteiger partial charge in [-0.1, -0.05) is 12.1 Å². The van der Waals surface area contributed by atoms with Crippen LogP contribution in [0.3, 0.4) is 0 Å². The molecule has 2 aromatic rings. The normalized spacial score (nSPS) is 13.5. The molecule has 0 spiro atoms. The van der Waals surface area contributed by atoms with Crippen LogP contribution in [0.1, 0.15) is 17.3 Å². The molecular weight excluding hydrogens is 398 g/mol. The summed E-state index contributed by atoms with van der Waals surface area (Å²) < 4.78 is 16.2. The third-order valence-corrected chi connectivity index (χ3v) is 4.68. The summed E-state index contributed by atoms with van der Waals surface area (Å²) in [5, 5.41) is 5.91. The number of carbonyl (C=O) groups excluding carboxylic acids is 2. The lowest BCUT2D eigenvalue weighted by Crippen LogP contribution is -2.40. The van der Waals surface area contributed by atoms with Gasteiger partial charge in [-0.15, -0.1) is 0 Å². The Balaban J connectivity index is 1.49. The molecule has 1 heterocycles. The molecule has 0 bridgehead atoms. The van der Waals surface area contributed by atoms with E-state index in [1.54, 1.807) is 35.2 Å². The molecule has 0 atom stereocenters. The lowest BCUT2D eigenvalue weighted by molar-refractivity contribution is -0.114. The molecule has 8 nitrogen and oxygen atoms in total. The Hall–Kier alpha value is -3.10. The van der Waals surface area contributed by atoms with E-state index in [-0.39, 0.29) is 18.4 Å². The van der Waals surface area contributed by atoms with Crippen molar-refractivity contribution in [1.29, 1.82) is 0 Å². The first-order chi connectivity index (χ1) is 15.2. The second kappa shape index (κ2) is 11.9. The number of hydrogen-bond donors (Lipinski definition) is 2. The van der Waals surface area contributed by atoms with Crippen LogP contribution in [0, 0.1) is 0 Å². The first-order valence-electron chi connectivity index (χ1n) is 10.5. The van der Waals surface area contributed by atoms with E-state index >= 15 is 0 Å². The van der Waals surface area contributed by atoms with E-state index in [2.05, 4.69) is 10.6 Å². The SMILES string of the molecule is CCOCCOc1cccc(NC(=O)CNc2cccc(C(=O)N3CCOCC3)c2)c1. The molecule has 31 heavy (non-hydrogen) atoms. The first kappa shape index (κ1) is 22.6. The fourth-order valence-electron chi connectivity index (χ4n) is 3.13. The topological polar surface area (TPSA) is 89.1 Å². The van der Waals surface area contributed by atoms with E-state index in [9.17, 15) is 9.59 Å². The van der Waals surface area contributed by atoms with Crippen LogP contribution >= 0.6 is 0 Å². The summed E-state index contributed by atoms with van der Waals surface area (Å²) in [6, 6.07) is 14.4. The highest BCUT2D eigenvalue weighted by molar-refractivity contribution is 5.96. The van der Waals surface area contributed by atoms with Crippen molar-refractivity contribution < 1.29 is 23.8 Å². The summed E-state index contributed by atoms with van der Waals surface area (Å²) in [5.74, 6) is 0.439. The van der Waals surface area contributed by atoms with E-state index in [1.807, 2.05) is 25.1 Å². The molecule has 2 N–H and O–H groups in total. The molecule has 0 aromatic heterocycles. The maximum atomic E-state index is 12.6. The number of carbonyl (C=O) groups is 2. The summed E-state index contributed by atoms with van der Waals surface area (Å²) in [6.45, 7) is 5.92. The fourth-order valence-corrected chi connectivity index (χ4v) is 3.13. The number of rotatable bonds is 10. The van der Waals surface area contributed by atoms with Gasteiger partial charge in [0.1, 0.15) is 12.4 Å². The number of nitrogens with zero attached hydrogens (tertiary/aromatic N) is 1. The standard InChI is InChI=1S/C23H29N3O5/c1-2-29-13-14-31-21-8-4-7-20(16-21)25-22(27)17-24-19-6-3-5-18(15-19)23(28)26-9-11-30-12-10-26/h3-8,15-16,24H,2,9-14,17H2,1H3,(H,25,27). The zero-order valence-corrected chi connectivity index (χ0v) is 17.8. The molecule has 0 radical (unpaired) electrons. The molecule has 2 aromatic carbocycles. The molecule has 1 aliphatic rings. The zero-order valence-electron chi connectivity index (χ0n) is 17.8. The molecule has 3 rings (SSSR count). The highest BCUT2D eigenvalue weighted by atomic mass is 16.5. The van der Waals surface area contributed by atoms with Gasteiger partial charge in [-0.3, -0.25) is 9.59 Å². The van der Waals surface area contributed by atoms with Crippen molar-refractivity contribution in [1.82, 2.24) is 4.90 Å². The van der Waals surface area contributed by atoms with E-state index in [4.69, 9.17) is 14.2 Å². The summed E-state index contributed by atoms with van der Waals surface area (Å²) in [4.78, 5) is 26.7. The smallest absolute Gasteiger partial charge is 0.254 e. The van der Waals surface area contributed by atoms with Gasteiger partial charge in [0.15, 0.2) is 0 Å². The fraction of sp³-hybridized carbons (Fsp3) is 0.391. The lowest BCUT2D eigenvalue weighted by atomic mass is 10.1. The highest BCUT2D eigenvalue weighted by Gasteiger charge is 2.18. The van der Waals surface area contributed by atoms with E-state index in [0.717, 1.165) is 0 Å². The molecule has 1 aliphatic heterocycles. The quantitative estimate of drug-likeness (QED) is 0.567. The largest absolute Gasteiger partial charge is 0.491 e. The van der Waals surface area contributed by atoms with Crippen LogP contribution in [0.15, 0.2) is 48.5 Å². The van der Waals surface area contributed by atoms with E-state index in [0.29, 0.717) is 68.8 Å². The van der Waals surface area contributed by atoms with Crippen LogP contribution in [0.2, 0.25) is 0 Å². The van der Waals surface area contributed by atoms with Crippen LogP contribution in [-0.4, -0.2) is 69.4 Å². The van der Waals surface area contributed by atoms with Crippen LogP contribution in [0.5, 0.6) is 5.75 Å². The molecule has 0 aliphatic carbocycles. The maximum Gasteiger partial charge on any atom is 0.254 e. The Bertz CT molecular complexity index is 868. The molecular formula is C23H29N3O5. The van der Waals surface area contributed by atoms with Gasteiger partial charge < -0.3 is 29.7 Å². The average molecular weight is 428 g/mol. The van der Waals surface area contributed by atoms with Gasteiger partial charge in [0, 0.05) is 42.7 Å². The third-order valence-electron chi connectivity index (χ3n) is 4.68. The average Bonchev–Trinajstić information content (AvgIpc) is 2.81. The minimum Gasteiger partial charge on any atom is -0.491 e. The van der Waals surface area contributed by atoms with Gasteiger partial charge >= 0.3 is 0 Å². The minimum atomic E-state index is -0.198. The van der Waals surface area contributed by atoms with Gasteiger partial charge in [0.25, 0.3) is 5.91 Å². The predicted molar refractivity (Wildman–Crippen MR) is 119 cm³/mol. The number of morpholine rings is 1. The van der Waals surface area contributed by atoms with Gasteiger partial charge in [-0.05, 0) is 37.3 Å². The Morgan fingerprint density at radius 2 is 1.81 bits per heavy atom. The molecule has 2 amide bonds. The van der Waals surface area contributed by atoms with Gasteiger partial charge in [0.05, 0.1) is 26.4 Å². The Kier molecular flexibility index (Phi) is 8.69. The monoisotopic (exact) mass is 427 g/mol. The van der Waals surface area contributed by atoms with Crippen molar-refractivity contribution in [3.05, 3.63) is 54.1 Å². The van der Waals surface area contributed by atoms with Gasteiger partial charge in [-0.2, -0.15) is 0 Å². The number of anilines is 2. The third kappa shape index (κ3) is 7.27. The molecule has 1 fully saturated rings. The second-order valence-corrected chi connectivity index (χ2v) is 6.96. The zero-order chi connectivity index (χ0) is 21.9. The van der Waals surface area contributed by atoms with Crippen molar-refractivity contribution in [2.75, 3.05) is 63.3 Å². The second-order valence-electron chi connectivity index (χ2n) is 6.96. The van der Waals surface area contributed by atoms with Crippen LogP contribution in [0.4, 0.5) is 11.4 Å². The van der Waals surface area contributed by atoms with Crippen molar-refractivity contribution in [3.63, 3.8) is 0 Å². The summed E-state index contributed by atoms with van der Waals surface area (Å²) in [7, 11) is 0. The Morgan fingerprint density at radius 3 is 2.61 bits per heavy atom. The van der Waals surface area contributed by atoms with Crippen molar-refractivity contribution in [2.45, 2.75) is 6.92 Å². The summed E-state index contributed by atoms with van der Waals surface area (Å²) >= 11 is 0. The van der Waals surface area contributed by atoms with E-state index < -0.39 is 0 Å². The van der Waals surface area contributed by atoms with Crippen LogP contribution in [-0.2, 0) is 14.3 Å². The predicted octanol–water partition coefficient (Wildman–Crippen LogP) is 2.62. The minimum absolute atomic E-state index is 0.0300. The molecule has 0 saturated carbocycles. The van der Waals surface area contributed by atoms with Gasteiger partial charge in [0.2, 0.25) is 5.91 Å². The summed E-state index contributed by atoms with van der Waals surface area (Å²) in [6.07, 6.45) is 0. The summed E-state index contributed by atoms with van der Waals surface area (Å²) in [5.41, 5.74) is 1.95. The number of benzene rings is 2. The molecule has 0 unspecified atom stereocenters. The number of ether oxygens (including phenoxy) is 3. The Morgan fingerprint density at radius 1 is 1.03 bits per heavy atom. The lowest BCUT2D eigenvalue weighted by Gasteiger charge is -2.27. The van der Waals surface area contributed by atoms with Crippen molar-refractivity contribution >= 4 is 23.2 Å². The maximum absolute atomic E-state index is 12.6. The van der Waals surface area contributed by atoms with Crippen molar-refractivity contribution in [3.8, 4) is 5.75 Å². The molecule has 1 saturated heterocycles. The van der Waals surface area contributed by atoms with E-state index in [1.165, 1.54) is 0 Å². The Labute approximate surface area is 182 Å². The van der Waals surface area contributed by atoms with Crippen LogP contribution in [0.25, 0.3) is 0 Å². The highest BCUT2D eigenvalue weighted by Crippen LogP contribution is 2.18.